The summed E-state index contributed by atoms with van der Waals surface area (Å²) >= 11 is 0. The summed E-state index contributed by atoms with van der Waals surface area (Å²) in [6.45, 7) is 4.46. The normalized spacial score (nSPS) is 15.0. The van der Waals surface area contributed by atoms with Gasteiger partial charge in [-0.2, -0.15) is 0 Å². The molecule has 0 fully saturated rings. The van der Waals surface area contributed by atoms with E-state index in [0.29, 0.717) is 6.42 Å². The quantitative estimate of drug-likeness (QED) is 0.219. The van der Waals surface area contributed by atoms with Gasteiger partial charge in [0.2, 0.25) is 23.6 Å². The highest BCUT2D eigenvalue weighted by Crippen LogP contribution is 2.09. The zero-order valence-electron chi connectivity index (χ0n) is 15.8. The molecule has 11 nitrogen and oxygen atoms in total. The molecule has 8 N–H and O–H groups in total. The summed E-state index contributed by atoms with van der Waals surface area (Å²) in [5.41, 5.74) is 10.4. The van der Waals surface area contributed by atoms with Gasteiger partial charge in [-0.1, -0.05) is 20.3 Å². The molecule has 11 heteroatoms. The van der Waals surface area contributed by atoms with Crippen LogP contribution in [0, 0.1) is 5.92 Å². The molecule has 0 aliphatic carbocycles. The van der Waals surface area contributed by atoms with E-state index in [1.165, 1.54) is 6.92 Å². The van der Waals surface area contributed by atoms with Gasteiger partial charge < -0.3 is 32.5 Å². The Morgan fingerprint density at radius 1 is 1.04 bits per heavy atom. The second-order valence-corrected chi connectivity index (χ2v) is 6.34. The number of aliphatic carboxylic acids is 1. The Kier molecular flexibility index (Phi) is 10.7. The lowest BCUT2D eigenvalue weighted by Gasteiger charge is -2.24. The fourth-order valence-electron chi connectivity index (χ4n) is 2.07. The number of nitrogens with two attached hydrogens (primary N) is 2. The Bertz CT molecular complexity index is 566. The Balaban J connectivity index is 5.02. The molecule has 0 saturated heterocycles. The predicted molar refractivity (Wildman–Crippen MR) is 96.0 cm³/mol. The number of carbonyl (C=O) groups excluding carboxylic acids is 4. The van der Waals surface area contributed by atoms with Crippen molar-refractivity contribution in [2.75, 3.05) is 6.54 Å². The number of carboxylic acid groups (broad SMARTS) is 1. The van der Waals surface area contributed by atoms with Gasteiger partial charge in [0.05, 0.1) is 12.6 Å². The number of nitrogens with one attached hydrogen (secondary N) is 3. The molecule has 0 aliphatic rings. The van der Waals surface area contributed by atoms with Crippen LogP contribution in [0.25, 0.3) is 0 Å². The fourth-order valence-corrected chi connectivity index (χ4v) is 2.07. The average molecular weight is 387 g/mol. The van der Waals surface area contributed by atoms with E-state index in [9.17, 15) is 29.1 Å². The van der Waals surface area contributed by atoms with Crippen molar-refractivity contribution in [2.45, 2.75) is 58.2 Å². The Morgan fingerprint density at radius 3 is 2.07 bits per heavy atom. The van der Waals surface area contributed by atoms with E-state index in [4.69, 9.17) is 11.5 Å². The van der Waals surface area contributed by atoms with E-state index in [1.807, 2.05) is 0 Å². The van der Waals surface area contributed by atoms with E-state index < -0.39 is 54.3 Å². The molecule has 0 heterocycles. The minimum absolute atomic E-state index is 0.110. The highest BCUT2D eigenvalue weighted by atomic mass is 16.4. The van der Waals surface area contributed by atoms with Gasteiger partial charge in [-0.05, 0) is 19.3 Å². The zero-order chi connectivity index (χ0) is 21.1. The first-order valence-electron chi connectivity index (χ1n) is 8.63. The summed E-state index contributed by atoms with van der Waals surface area (Å²) in [4.78, 5) is 58.1. The van der Waals surface area contributed by atoms with Crippen LogP contribution in [-0.4, -0.2) is 59.4 Å². The molecule has 0 bridgehead atoms. The van der Waals surface area contributed by atoms with Gasteiger partial charge in [-0.15, -0.1) is 0 Å². The molecular weight excluding hydrogens is 358 g/mol. The molecule has 27 heavy (non-hydrogen) atoms. The van der Waals surface area contributed by atoms with Gasteiger partial charge in [-0.3, -0.25) is 19.2 Å². The first-order chi connectivity index (χ1) is 12.5. The molecule has 0 spiro atoms. The third kappa shape index (κ3) is 9.54. The Morgan fingerprint density at radius 2 is 1.63 bits per heavy atom. The molecule has 0 rings (SSSR count). The van der Waals surface area contributed by atoms with Crippen LogP contribution in [0.3, 0.4) is 0 Å². The van der Waals surface area contributed by atoms with Gasteiger partial charge in [0, 0.05) is 6.42 Å². The van der Waals surface area contributed by atoms with Gasteiger partial charge in [0.1, 0.15) is 12.1 Å². The molecule has 0 aromatic rings. The van der Waals surface area contributed by atoms with E-state index in [-0.39, 0.29) is 18.8 Å². The van der Waals surface area contributed by atoms with Gasteiger partial charge >= 0.3 is 5.97 Å². The number of rotatable bonds is 12. The molecule has 0 aromatic heterocycles. The van der Waals surface area contributed by atoms with Gasteiger partial charge in [-0.25, -0.2) is 4.79 Å². The number of carbonyl (C=O) groups is 5. The number of hydrogen-bond acceptors (Lipinski definition) is 6. The van der Waals surface area contributed by atoms with Crippen LogP contribution in [0.2, 0.25) is 0 Å². The third-order valence-electron chi connectivity index (χ3n) is 3.94. The lowest BCUT2D eigenvalue weighted by molar-refractivity contribution is -0.144. The average Bonchev–Trinajstić information content (AvgIpc) is 2.59. The number of carboxylic acids is 1. The van der Waals surface area contributed by atoms with Crippen LogP contribution in [0.5, 0.6) is 0 Å². The van der Waals surface area contributed by atoms with Crippen LogP contribution < -0.4 is 27.4 Å². The first-order valence-corrected chi connectivity index (χ1v) is 8.63. The Labute approximate surface area is 157 Å². The second-order valence-electron chi connectivity index (χ2n) is 6.34. The van der Waals surface area contributed by atoms with Crippen molar-refractivity contribution in [1.82, 2.24) is 16.0 Å². The minimum atomic E-state index is -1.21. The fraction of sp³-hybridized carbons (Fsp3) is 0.688. The van der Waals surface area contributed by atoms with Crippen molar-refractivity contribution in [3.05, 3.63) is 0 Å². The van der Waals surface area contributed by atoms with E-state index >= 15 is 0 Å². The second kappa shape index (κ2) is 11.8. The zero-order valence-corrected chi connectivity index (χ0v) is 15.8. The van der Waals surface area contributed by atoms with Crippen LogP contribution in [0.15, 0.2) is 0 Å². The van der Waals surface area contributed by atoms with Crippen molar-refractivity contribution in [3.63, 3.8) is 0 Å². The smallest absolute Gasteiger partial charge is 0.326 e. The van der Waals surface area contributed by atoms with Crippen molar-refractivity contribution >= 4 is 29.6 Å². The molecule has 4 unspecified atom stereocenters. The summed E-state index contributed by atoms with van der Waals surface area (Å²) in [5.74, 6) is -4.22. The van der Waals surface area contributed by atoms with Crippen LogP contribution >= 0.6 is 0 Å². The molecular formula is C16H29N5O6. The molecule has 4 atom stereocenters. The summed E-state index contributed by atoms with van der Waals surface area (Å²) < 4.78 is 0. The Hall–Kier alpha value is -2.69. The van der Waals surface area contributed by atoms with Gasteiger partial charge in [0.25, 0.3) is 0 Å². The summed E-state index contributed by atoms with van der Waals surface area (Å²) in [7, 11) is 0. The largest absolute Gasteiger partial charge is 0.480 e. The standard InChI is InChI=1S/C16H29N5O6/c1-4-8(2)13(16(26)27)21-15(25)10(5-6-11(18)22)20-12(23)7-19-14(24)9(3)17/h8-10,13H,4-7,17H2,1-3H3,(H2,18,22)(H,19,24)(H,20,23)(H,21,25)(H,26,27). The molecule has 0 saturated carbocycles. The molecule has 0 aromatic carbocycles. The topological polar surface area (TPSA) is 194 Å². The maximum Gasteiger partial charge on any atom is 0.326 e. The van der Waals surface area contributed by atoms with Gasteiger partial charge in [0.15, 0.2) is 0 Å². The van der Waals surface area contributed by atoms with Crippen LogP contribution in [0.1, 0.15) is 40.0 Å². The summed E-state index contributed by atoms with van der Waals surface area (Å²) in [6, 6.07) is -3.13. The maximum absolute atomic E-state index is 12.4. The molecule has 154 valence electrons. The van der Waals surface area contributed by atoms with Crippen LogP contribution in [0.4, 0.5) is 0 Å². The first kappa shape index (κ1) is 24.3. The van der Waals surface area contributed by atoms with E-state index in [1.54, 1.807) is 13.8 Å². The number of hydrogen-bond donors (Lipinski definition) is 6. The van der Waals surface area contributed by atoms with E-state index in [2.05, 4.69) is 16.0 Å². The van der Waals surface area contributed by atoms with Crippen molar-refractivity contribution in [2.24, 2.45) is 17.4 Å². The number of amides is 4. The lowest BCUT2D eigenvalue weighted by Crippen LogP contribution is -2.55. The van der Waals surface area contributed by atoms with Crippen molar-refractivity contribution in [1.29, 1.82) is 0 Å². The monoisotopic (exact) mass is 387 g/mol. The SMILES string of the molecule is CCC(C)C(NC(=O)C(CCC(N)=O)NC(=O)CNC(=O)C(C)N)C(=O)O. The highest BCUT2D eigenvalue weighted by Gasteiger charge is 2.29. The molecule has 0 aliphatic heterocycles. The maximum atomic E-state index is 12.4. The lowest BCUT2D eigenvalue weighted by atomic mass is 9.98. The van der Waals surface area contributed by atoms with E-state index in [0.717, 1.165) is 0 Å². The molecule has 4 amide bonds. The third-order valence-corrected chi connectivity index (χ3v) is 3.94. The summed E-state index contributed by atoms with van der Waals surface area (Å²) in [6.07, 6.45) is 0.214. The van der Waals surface area contributed by atoms with Crippen LogP contribution in [-0.2, 0) is 24.0 Å². The predicted octanol–water partition coefficient (Wildman–Crippen LogP) is -2.18. The number of primary amides is 1. The molecule has 0 radical (unpaired) electrons. The summed E-state index contributed by atoms with van der Waals surface area (Å²) in [5, 5.41) is 16.3. The minimum Gasteiger partial charge on any atom is -0.480 e. The van der Waals surface area contributed by atoms with Crippen molar-refractivity contribution < 1.29 is 29.1 Å². The van der Waals surface area contributed by atoms with Crippen molar-refractivity contribution in [3.8, 4) is 0 Å². The highest BCUT2D eigenvalue weighted by molar-refractivity contribution is 5.92.